The predicted molar refractivity (Wildman–Crippen MR) is 114 cm³/mol. The summed E-state index contributed by atoms with van der Waals surface area (Å²) < 4.78 is 15.1. The van der Waals surface area contributed by atoms with Gasteiger partial charge < -0.3 is 4.57 Å². The van der Waals surface area contributed by atoms with Crippen molar-refractivity contribution in [2.24, 2.45) is 0 Å². The van der Waals surface area contributed by atoms with Crippen LogP contribution in [0.3, 0.4) is 0 Å². The molecule has 0 N–H and O–H groups in total. The Hall–Kier alpha value is -3.22. The molecule has 1 heterocycles. The molecule has 4 aromatic carbocycles. The SMILES string of the molecule is O=[P+](c1ccccc1)c1ccc(-n2c3ccccc3c3ccccc32)cc1. The lowest BCUT2D eigenvalue weighted by molar-refractivity contribution is 0.598. The zero-order valence-corrected chi connectivity index (χ0v) is 15.5. The molecular formula is C24H17NOP+. The van der Waals surface area contributed by atoms with Gasteiger partial charge in [-0.2, -0.15) is 0 Å². The van der Waals surface area contributed by atoms with Crippen LogP contribution in [-0.2, 0) is 4.57 Å². The van der Waals surface area contributed by atoms with Crippen molar-refractivity contribution in [3.8, 4) is 5.69 Å². The molecule has 0 fully saturated rings. The molecule has 5 aromatic rings. The highest BCUT2D eigenvalue weighted by molar-refractivity contribution is 7.61. The third kappa shape index (κ3) is 2.66. The van der Waals surface area contributed by atoms with Crippen LogP contribution >= 0.6 is 7.80 Å². The average Bonchev–Trinajstić information content (AvgIpc) is 3.08. The van der Waals surface area contributed by atoms with Gasteiger partial charge in [-0.05, 0) is 48.5 Å². The van der Waals surface area contributed by atoms with Gasteiger partial charge in [0.25, 0.3) is 0 Å². The Labute approximate surface area is 158 Å². The van der Waals surface area contributed by atoms with E-state index >= 15 is 0 Å². The number of hydrogen-bond donors (Lipinski definition) is 0. The molecule has 2 nitrogen and oxygen atoms in total. The van der Waals surface area contributed by atoms with Crippen molar-refractivity contribution >= 4 is 40.2 Å². The molecular weight excluding hydrogens is 349 g/mol. The van der Waals surface area contributed by atoms with Gasteiger partial charge in [-0.3, -0.25) is 0 Å². The molecule has 0 aliphatic rings. The first-order valence-electron chi connectivity index (χ1n) is 8.94. The van der Waals surface area contributed by atoms with Crippen LogP contribution in [0.2, 0.25) is 0 Å². The second-order valence-electron chi connectivity index (χ2n) is 6.52. The first kappa shape index (κ1) is 16.0. The van der Waals surface area contributed by atoms with E-state index in [1.165, 1.54) is 21.8 Å². The Balaban J connectivity index is 1.64. The molecule has 0 amide bonds. The molecule has 128 valence electrons. The molecule has 1 unspecified atom stereocenters. The van der Waals surface area contributed by atoms with E-state index in [0.29, 0.717) is 0 Å². The lowest BCUT2D eigenvalue weighted by atomic mass is 10.2. The minimum atomic E-state index is -1.57. The van der Waals surface area contributed by atoms with Crippen LogP contribution in [0.25, 0.3) is 27.5 Å². The van der Waals surface area contributed by atoms with E-state index in [4.69, 9.17) is 0 Å². The van der Waals surface area contributed by atoms with Crippen molar-refractivity contribution in [1.29, 1.82) is 0 Å². The third-order valence-corrected chi connectivity index (χ3v) is 6.45. The average molecular weight is 366 g/mol. The Morgan fingerprint density at radius 1 is 0.519 bits per heavy atom. The maximum Gasteiger partial charge on any atom is 0.415 e. The summed E-state index contributed by atoms with van der Waals surface area (Å²) in [6.07, 6.45) is 0. The first-order chi connectivity index (χ1) is 13.3. The van der Waals surface area contributed by atoms with E-state index in [2.05, 4.69) is 65.2 Å². The molecule has 0 spiro atoms. The van der Waals surface area contributed by atoms with Crippen molar-refractivity contribution in [3.05, 3.63) is 103 Å². The molecule has 0 aliphatic carbocycles. The van der Waals surface area contributed by atoms with E-state index in [1.807, 2.05) is 42.5 Å². The second-order valence-corrected chi connectivity index (χ2v) is 8.14. The van der Waals surface area contributed by atoms with Gasteiger partial charge in [-0.1, -0.05) is 59.2 Å². The molecule has 0 aliphatic heterocycles. The lowest BCUT2D eigenvalue weighted by Gasteiger charge is -2.07. The number of benzene rings is 4. The lowest BCUT2D eigenvalue weighted by Crippen LogP contribution is -2.06. The van der Waals surface area contributed by atoms with Crippen LogP contribution in [0.15, 0.2) is 103 Å². The summed E-state index contributed by atoms with van der Waals surface area (Å²) in [5.74, 6) is 0. The Kier molecular flexibility index (Phi) is 3.85. The summed E-state index contributed by atoms with van der Waals surface area (Å²) >= 11 is 0. The van der Waals surface area contributed by atoms with E-state index in [9.17, 15) is 4.57 Å². The van der Waals surface area contributed by atoms with Crippen molar-refractivity contribution in [1.82, 2.24) is 4.57 Å². The largest absolute Gasteiger partial charge is 0.415 e. The highest BCUT2D eigenvalue weighted by Gasteiger charge is 2.23. The highest BCUT2D eigenvalue weighted by Crippen LogP contribution is 2.31. The summed E-state index contributed by atoms with van der Waals surface area (Å²) in [6.45, 7) is 0. The summed E-state index contributed by atoms with van der Waals surface area (Å²) in [6, 6.07) is 34.6. The zero-order chi connectivity index (χ0) is 18.2. The quantitative estimate of drug-likeness (QED) is 0.383. The van der Waals surface area contributed by atoms with E-state index in [1.54, 1.807) is 0 Å². The van der Waals surface area contributed by atoms with Gasteiger partial charge >= 0.3 is 7.80 Å². The van der Waals surface area contributed by atoms with Crippen molar-refractivity contribution < 1.29 is 4.57 Å². The van der Waals surface area contributed by atoms with Crippen LogP contribution in [-0.4, -0.2) is 4.57 Å². The number of para-hydroxylation sites is 2. The number of nitrogens with zero attached hydrogens (tertiary/aromatic N) is 1. The molecule has 0 radical (unpaired) electrons. The topological polar surface area (TPSA) is 22.0 Å². The minimum absolute atomic E-state index is 0.848. The number of aromatic nitrogens is 1. The highest BCUT2D eigenvalue weighted by atomic mass is 31.1. The fourth-order valence-corrected chi connectivity index (χ4v) is 4.81. The van der Waals surface area contributed by atoms with Crippen molar-refractivity contribution in [2.75, 3.05) is 0 Å². The van der Waals surface area contributed by atoms with Gasteiger partial charge in [0.15, 0.2) is 10.6 Å². The van der Waals surface area contributed by atoms with E-state index in [-0.39, 0.29) is 0 Å². The number of rotatable bonds is 3. The van der Waals surface area contributed by atoms with Crippen molar-refractivity contribution in [2.45, 2.75) is 0 Å². The fraction of sp³-hybridized carbons (Fsp3) is 0. The summed E-state index contributed by atoms with van der Waals surface area (Å²) in [5, 5.41) is 4.19. The van der Waals surface area contributed by atoms with Crippen LogP contribution in [0.5, 0.6) is 0 Å². The van der Waals surface area contributed by atoms with Crippen LogP contribution in [0.4, 0.5) is 0 Å². The normalized spacial score (nSPS) is 11.8. The van der Waals surface area contributed by atoms with Crippen LogP contribution < -0.4 is 10.6 Å². The molecule has 3 heteroatoms. The minimum Gasteiger partial charge on any atom is -0.309 e. The molecule has 27 heavy (non-hydrogen) atoms. The fourth-order valence-electron chi connectivity index (χ4n) is 3.65. The first-order valence-corrected chi connectivity index (χ1v) is 10.2. The maximum atomic E-state index is 12.8. The Morgan fingerprint density at radius 3 is 1.59 bits per heavy atom. The second kappa shape index (κ2) is 6.50. The smallest absolute Gasteiger partial charge is 0.309 e. The van der Waals surface area contributed by atoms with Crippen molar-refractivity contribution in [3.63, 3.8) is 0 Å². The Morgan fingerprint density at radius 2 is 1.00 bits per heavy atom. The van der Waals surface area contributed by atoms with Gasteiger partial charge in [-0.15, -0.1) is 0 Å². The molecule has 1 atom stereocenters. The third-order valence-electron chi connectivity index (χ3n) is 4.91. The number of fused-ring (bicyclic) bond motifs is 3. The molecule has 0 bridgehead atoms. The van der Waals surface area contributed by atoms with Gasteiger partial charge in [0.05, 0.1) is 11.0 Å². The summed E-state index contributed by atoms with van der Waals surface area (Å²) in [4.78, 5) is 0. The molecule has 0 saturated heterocycles. The summed E-state index contributed by atoms with van der Waals surface area (Å²) in [7, 11) is -1.57. The monoisotopic (exact) mass is 366 g/mol. The standard InChI is InChI=1S/C24H17NOP/c26-27(19-8-2-1-3-9-19)20-16-14-18(15-17-20)25-23-12-6-4-10-21(23)22-11-5-7-13-24(22)25/h1-17H/q+1. The van der Waals surface area contributed by atoms with E-state index in [0.717, 1.165) is 16.3 Å². The van der Waals surface area contributed by atoms with Gasteiger partial charge in [0.1, 0.15) is 0 Å². The van der Waals surface area contributed by atoms with Gasteiger partial charge in [0.2, 0.25) is 0 Å². The molecule has 0 saturated carbocycles. The van der Waals surface area contributed by atoms with Gasteiger partial charge in [0, 0.05) is 16.5 Å². The van der Waals surface area contributed by atoms with Crippen LogP contribution in [0.1, 0.15) is 0 Å². The predicted octanol–water partition coefficient (Wildman–Crippen LogP) is 5.56. The zero-order valence-electron chi connectivity index (χ0n) is 14.6. The Bertz CT molecular complexity index is 1220. The molecule has 5 rings (SSSR count). The molecule has 1 aromatic heterocycles. The summed E-state index contributed by atoms with van der Waals surface area (Å²) in [5.41, 5.74) is 3.44. The number of hydrogen-bond acceptors (Lipinski definition) is 1. The van der Waals surface area contributed by atoms with Gasteiger partial charge in [-0.25, -0.2) is 0 Å². The van der Waals surface area contributed by atoms with Crippen LogP contribution in [0, 0.1) is 0 Å². The van der Waals surface area contributed by atoms with E-state index < -0.39 is 7.80 Å². The maximum absolute atomic E-state index is 12.8.